The minimum atomic E-state index is -0.399. The molecule has 0 aromatic heterocycles. The average Bonchev–Trinajstić information content (AvgIpc) is 3.67. The van der Waals surface area contributed by atoms with Gasteiger partial charge in [0.25, 0.3) is 5.91 Å². The molecule has 0 radical (unpaired) electrons. The van der Waals surface area contributed by atoms with Crippen molar-refractivity contribution in [2.24, 2.45) is 25.7 Å². The van der Waals surface area contributed by atoms with Gasteiger partial charge in [-0.1, -0.05) is 0 Å². The number of carbonyl (C=O) groups is 2. The molecule has 2 amide bonds. The molecule has 51 heavy (non-hydrogen) atoms. The largest absolute Gasteiger partial charge is 0.491 e. The molecular weight excluding hydrogens is 654 g/mol. The summed E-state index contributed by atoms with van der Waals surface area (Å²) in [6.45, 7) is 13.9. The molecule has 4 aliphatic heterocycles. The van der Waals surface area contributed by atoms with Crippen molar-refractivity contribution in [1.29, 1.82) is 0 Å². The van der Waals surface area contributed by atoms with Crippen LogP contribution in [-0.4, -0.2) is 137 Å². The van der Waals surface area contributed by atoms with Gasteiger partial charge in [0.05, 0.1) is 20.3 Å². The lowest BCUT2D eigenvalue weighted by Crippen LogP contribution is -2.49. The van der Waals surface area contributed by atoms with E-state index in [2.05, 4.69) is 42.1 Å². The standard InChI is InChI=1S/C35H45N11O5/c1-24(23-40-33(36)37-2)32(47)42-34-41-29-27(31-39-13-17-46(31)34)9-10-28(30(29)49-3)50-22-4-14-43-18-20-45(21-19-43)35(48)51-26-7-5-25(6-8-26)44-15-11-38-12-16-44/h5-10,23,38H,2,4,11-22H2,1,3H3,(H2,36,40)(H,41,42,47)/b24-23+. The highest BCUT2D eigenvalue weighted by Gasteiger charge is 2.33. The van der Waals surface area contributed by atoms with Gasteiger partial charge in [0.1, 0.15) is 17.3 Å². The summed E-state index contributed by atoms with van der Waals surface area (Å²) < 4.78 is 17.6. The molecule has 0 unspecified atom stereocenters. The molecule has 16 nitrogen and oxygen atoms in total. The Hall–Kier alpha value is -5.48. The number of hydrogen-bond acceptors (Lipinski definition) is 12. The number of fused-ring (bicyclic) bond motifs is 3. The Labute approximate surface area is 297 Å². The summed E-state index contributed by atoms with van der Waals surface area (Å²) in [5.74, 6) is 2.15. The maximum atomic E-state index is 12.9. The first-order chi connectivity index (χ1) is 24.8. The number of guanidine groups is 2. The Bertz CT molecular complexity index is 1730. The molecule has 0 bridgehead atoms. The number of benzene rings is 2. The van der Waals surface area contributed by atoms with Crippen LogP contribution in [0.2, 0.25) is 0 Å². The number of methoxy groups -OCH3 is 1. The number of hydrogen-bond donors (Lipinski definition) is 3. The number of ether oxygens (including phenoxy) is 3. The summed E-state index contributed by atoms with van der Waals surface area (Å²) in [4.78, 5) is 50.9. The monoisotopic (exact) mass is 699 g/mol. The van der Waals surface area contributed by atoms with E-state index in [1.807, 2.05) is 41.3 Å². The van der Waals surface area contributed by atoms with E-state index in [0.717, 1.165) is 63.5 Å². The highest BCUT2D eigenvalue weighted by atomic mass is 16.6. The molecule has 2 saturated heterocycles. The van der Waals surface area contributed by atoms with E-state index in [1.165, 1.54) is 6.20 Å². The number of amides is 2. The SMILES string of the molecule is C=N/C(N)=N\C=C(/C)C(=O)NC1=Nc2c(ccc(OCCCN3CCN(C(=O)Oc4ccc(N5CCNCC5)cc4)CC3)c2OC)C2=NCCN12. The van der Waals surface area contributed by atoms with Gasteiger partial charge in [-0.2, -0.15) is 0 Å². The summed E-state index contributed by atoms with van der Waals surface area (Å²) in [6.07, 6.45) is 1.77. The van der Waals surface area contributed by atoms with E-state index in [0.29, 0.717) is 73.1 Å². The van der Waals surface area contributed by atoms with Crippen LogP contribution in [0, 0.1) is 0 Å². The van der Waals surface area contributed by atoms with Crippen LogP contribution < -0.4 is 35.5 Å². The molecule has 270 valence electrons. The molecule has 6 rings (SSSR count). The molecule has 0 saturated carbocycles. The van der Waals surface area contributed by atoms with Crippen molar-refractivity contribution in [3.05, 3.63) is 53.7 Å². The smallest absolute Gasteiger partial charge is 0.415 e. The zero-order valence-corrected chi connectivity index (χ0v) is 29.1. The first kappa shape index (κ1) is 35.3. The minimum Gasteiger partial charge on any atom is -0.491 e. The van der Waals surface area contributed by atoms with Crippen LogP contribution in [-0.2, 0) is 4.79 Å². The zero-order chi connectivity index (χ0) is 35.7. The molecule has 4 N–H and O–H groups in total. The third-order valence-corrected chi connectivity index (χ3v) is 9.02. The van der Waals surface area contributed by atoms with Crippen LogP contribution in [0.5, 0.6) is 17.2 Å². The first-order valence-corrected chi connectivity index (χ1v) is 17.1. The lowest BCUT2D eigenvalue weighted by atomic mass is 10.1. The fraction of sp³-hybridized carbons (Fsp3) is 0.429. The Morgan fingerprint density at radius 2 is 1.82 bits per heavy atom. The van der Waals surface area contributed by atoms with Crippen molar-refractivity contribution in [1.82, 2.24) is 25.3 Å². The summed E-state index contributed by atoms with van der Waals surface area (Å²) in [6, 6.07) is 11.5. The topological polar surface area (TPSA) is 174 Å². The molecule has 0 spiro atoms. The predicted molar refractivity (Wildman–Crippen MR) is 197 cm³/mol. The van der Waals surface area contributed by atoms with E-state index in [1.54, 1.807) is 18.9 Å². The van der Waals surface area contributed by atoms with Crippen molar-refractivity contribution >= 4 is 47.8 Å². The highest BCUT2D eigenvalue weighted by Crippen LogP contribution is 2.43. The lowest BCUT2D eigenvalue weighted by Gasteiger charge is -2.34. The number of amidine groups is 1. The van der Waals surface area contributed by atoms with Crippen LogP contribution in [0.4, 0.5) is 16.2 Å². The molecule has 0 atom stereocenters. The summed E-state index contributed by atoms with van der Waals surface area (Å²) in [5.41, 5.74) is 8.33. The number of nitrogens with zero attached hydrogens (tertiary/aromatic N) is 8. The normalized spacial score (nSPS) is 18.0. The summed E-state index contributed by atoms with van der Waals surface area (Å²) >= 11 is 0. The Kier molecular flexibility index (Phi) is 11.4. The molecule has 16 heteroatoms. The average molecular weight is 700 g/mol. The van der Waals surface area contributed by atoms with Crippen LogP contribution in [0.3, 0.4) is 0 Å². The lowest BCUT2D eigenvalue weighted by molar-refractivity contribution is -0.116. The van der Waals surface area contributed by atoms with Crippen molar-refractivity contribution in [3.8, 4) is 17.2 Å². The van der Waals surface area contributed by atoms with Gasteiger partial charge in [0, 0.05) is 88.5 Å². The van der Waals surface area contributed by atoms with Gasteiger partial charge in [0.15, 0.2) is 11.5 Å². The van der Waals surface area contributed by atoms with Crippen molar-refractivity contribution < 1.29 is 23.8 Å². The predicted octanol–water partition coefficient (Wildman–Crippen LogP) is 1.79. The third kappa shape index (κ3) is 8.46. The summed E-state index contributed by atoms with van der Waals surface area (Å²) in [7, 11) is 1.56. The zero-order valence-electron chi connectivity index (χ0n) is 29.1. The molecule has 2 aromatic rings. The van der Waals surface area contributed by atoms with Gasteiger partial charge < -0.3 is 35.1 Å². The second-order valence-electron chi connectivity index (χ2n) is 12.3. The number of anilines is 1. The van der Waals surface area contributed by atoms with Crippen molar-refractivity contribution in [2.75, 3.05) is 90.6 Å². The molecular formula is C35H45N11O5. The van der Waals surface area contributed by atoms with Gasteiger partial charge >= 0.3 is 6.09 Å². The number of rotatable bonds is 10. The molecule has 2 fully saturated rings. The van der Waals surface area contributed by atoms with Gasteiger partial charge in [-0.15, -0.1) is 0 Å². The molecule has 4 aliphatic rings. The number of aliphatic imine (C=N–C) groups is 4. The Morgan fingerprint density at radius 1 is 1.06 bits per heavy atom. The van der Waals surface area contributed by atoms with Crippen LogP contribution in [0.1, 0.15) is 18.9 Å². The highest BCUT2D eigenvalue weighted by molar-refractivity contribution is 6.20. The Morgan fingerprint density at radius 3 is 2.55 bits per heavy atom. The molecule has 2 aromatic carbocycles. The van der Waals surface area contributed by atoms with Crippen molar-refractivity contribution in [2.45, 2.75) is 13.3 Å². The number of piperazine rings is 2. The second-order valence-corrected chi connectivity index (χ2v) is 12.3. The maximum Gasteiger partial charge on any atom is 0.415 e. The fourth-order valence-corrected chi connectivity index (χ4v) is 6.20. The molecule has 4 heterocycles. The van der Waals surface area contributed by atoms with Crippen LogP contribution in [0.15, 0.2) is 68.1 Å². The second kappa shape index (κ2) is 16.5. The van der Waals surface area contributed by atoms with Crippen LogP contribution in [0.25, 0.3) is 0 Å². The minimum absolute atomic E-state index is 0.0408. The van der Waals surface area contributed by atoms with Gasteiger partial charge in [-0.05, 0) is 56.5 Å². The number of carbonyl (C=O) groups excluding carboxylic acids is 2. The number of nitrogens with two attached hydrogens (primary N) is 1. The maximum absolute atomic E-state index is 12.9. The Balaban J connectivity index is 0.993. The van der Waals surface area contributed by atoms with Crippen molar-refractivity contribution in [3.63, 3.8) is 0 Å². The van der Waals surface area contributed by atoms with E-state index in [4.69, 9.17) is 24.9 Å². The number of nitrogens with one attached hydrogen (secondary N) is 2. The van der Waals surface area contributed by atoms with E-state index in [-0.39, 0.29) is 12.1 Å². The summed E-state index contributed by atoms with van der Waals surface area (Å²) in [5, 5.41) is 6.22. The van der Waals surface area contributed by atoms with E-state index < -0.39 is 5.91 Å². The van der Waals surface area contributed by atoms with Gasteiger partial charge in [-0.25, -0.2) is 19.8 Å². The fourth-order valence-electron chi connectivity index (χ4n) is 6.20. The van der Waals surface area contributed by atoms with E-state index in [9.17, 15) is 9.59 Å². The first-order valence-electron chi connectivity index (χ1n) is 17.1. The van der Waals surface area contributed by atoms with E-state index >= 15 is 0 Å². The van der Waals surface area contributed by atoms with Crippen LogP contribution >= 0.6 is 0 Å². The van der Waals surface area contributed by atoms with Gasteiger partial charge in [-0.3, -0.25) is 24.9 Å². The molecule has 0 aliphatic carbocycles. The quantitative estimate of drug-likeness (QED) is 0.144. The third-order valence-electron chi connectivity index (χ3n) is 9.02. The van der Waals surface area contributed by atoms with Gasteiger partial charge in [0.2, 0.25) is 11.9 Å².